The Morgan fingerprint density at radius 1 is 0.889 bits per heavy atom. The molecule has 1 aliphatic rings. The molecule has 1 unspecified atom stereocenters. The van der Waals surface area contributed by atoms with Crippen molar-refractivity contribution in [2.45, 2.75) is 12.5 Å². The van der Waals surface area contributed by atoms with E-state index in [4.69, 9.17) is 0 Å². The van der Waals surface area contributed by atoms with Crippen molar-refractivity contribution < 1.29 is 4.79 Å². The van der Waals surface area contributed by atoms with Gasteiger partial charge in [-0.1, -0.05) is 42.5 Å². The zero-order valence-corrected chi connectivity index (χ0v) is 9.89. The Kier molecular flexibility index (Phi) is 2.73. The topological polar surface area (TPSA) is 41.1 Å². The van der Waals surface area contributed by atoms with Crippen LogP contribution in [0.4, 0.5) is 11.4 Å². The van der Waals surface area contributed by atoms with E-state index in [-0.39, 0.29) is 11.9 Å². The summed E-state index contributed by atoms with van der Waals surface area (Å²) in [7, 11) is 0. The molecule has 2 N–H and O–H groups in total. The number of anilines is 2. The lowest BCUT2D eigenvalue weighted by atomic mass is 10.0. The maximum Gasteiger partial charge on any atom is 0.247 e. The molecule has 0 saturated carbocycles. The van der Waals surface area contributed by atoms with E-state index in [9.17, 15) is 4.79 Å². The van der Waals surface area contributed by atoms with Crippen molar-refractivity contribution in [3.8, 4) is 0 Å². The van der Waals surface area contributed by atoms with Gasteiger partial charge in [0.1, 0.15) is 6.04 Å². The van der Waals surface area contributed by atoms with E-state index in [2.05, 4.69) is 10.6 Å². The third kappa shape index (κ3) is 2.07. The minimum absolute atomic E-state index is 0.0255. The summed E-state index contributed by atoms with van der Waals surface area (Å²) in [6, 6.07) is 17.6. The standard InChI is InChI=1S/C15H14N2O/c18-15-14(10-11-6-2-1-3-7-11)16-12-8-4-5-9-13(12)17-15/h1-9,14,16H,10H2,(H,17,18). The number of hydrogen-bond acceptors (Lipinski definition) is 2. The molecule has 0 fully saturated rings. The molecule has 0 spiro atoms. The molecular formula is C15H14N2O. The molecule has 2 aromatic carbocycles. The second kappa shape index (κ2) is 4.53. The van der Waals surface area contributed by atoms with E-state index in [1.807, 2.05) is 54.6 Å². The minimum atomic E-state index is -0.206. The van der Waals surface area contributed by atoms with Crippen molar-refractivity contribution in [2.24, 2.45) is 0 Å². The van der Waals surface area contributed by atoms with Gasteiger partial charge in [0.25, 0.3) is 0 Å². The normalized spacial score (nSPS) is 17.6. The highest BCUT2D eigenvalue weighted by atomic mass is 16.2. The maximum atomic E-state index is 12.0. The quantitative estimate of drug-likeness (QED) is 0.844. The van der Waals surface area contributed by atoms with Gasteiger partial charge in [-0.25, -0.2) is 0 Å². The van der Waals surface area contributed by atoms with Crippen LogP contribution in [0, 0.1) is 0 Å². The van der Waals surface area contributed by atoms with Crippen LogP contribution in [0.1, 0.15) is 5.56 Å². The molecule has 2 aromatic rings. The molecule has 1 aliphatic heterocycles. The van der Waals surface area contributed by atoms with E-state index >= 15 is 0 Å². The summed E-state index contributed by atoms with van der Waals surface area (Å²) in [5, 5.41) is 6.21. The van der Waals surface area contributed by atoms with Gasteiger partial charge in [0.05, 0.1) is 11.4 Å². The van der Waals surface area contributed by atoms with Crippen molar-refractivity contribution in [3.63, 3.8) is 0 Å². The monoisotopic (exact) mass is 238 g/mol. The number of amides is 1. The lowest BCUT2D eigenvalue weighted by molar-refractivity contribution is -0.117. The van der Waals surface area contributed by atoms with E-state index in [1.54, 1.807) is 0 Å². The fourth-order valence-corrected chi connectivity index (χ4v) is 2.18. The lowest BCUT2D eigenvalue weighted by Crippen LogP contribution is -2.40. The summed E-state index contributed by atoms with van der Waals surface area (Å²) in [5.74, 6) is 0.0255. The molecule has 1 amide bonds. The molecule has 3 nitrogen and oxygen atoms in total. The molecule has 90 valence electrons. The number of rotatable bonds is 2. The summed E-state index contributed by atoms with van der Waals surface area (Å²) in [6.45, 7) is 0. The molecule has 0 aliphatic carbocycles. The third-order valence-corrected chi connectivity index (χ3v) is 3.11. The van der Waals surface area contributed by atoms with E-state index in [0.29, 0.717) is 6.42 Å². The van der Waals surface area contributed by atoms with Crippen molar-refractivity contribution in [3.05, 3.63) is 60.2 Å². The Morgan fingerprint density at radius 2 is 1.56 bits per heavy atom. The Bertz CT molecular complexity index is 566. The van der Waals surface area contributed by atoms with Crippen LogP contribution in [0.2, 0.25) is 0 Å². The summed E-state index contributed by atoms with van der Waals surface area (Å²) >= 11 is 0. The Labute approximate surface area is 106 Å². The van der Waals surface area contributed by atoms with Crippen LogP contribution in [0.25, 0.3) is 0 Å². The molecule has 1 heterocycles. The number of carbonyl (C=O) groups is 1. The SMILES string of the molecule is O=C1Nc2ccccc2NC1Cc1ccccc1. The van der Waals surface area contributed by atoms with Crippen LogP contribution in [0.3, 0.4) is 0 Å². The molecule has 0 aromatic heterocycles. The average Bonchev–Trinajstić information content (AvgIpc) is 2.41. The predicted octanol–water partition coefficient (Wildman–Crippen LogP) is 2.66. The van der Waals surface area contributed by atoms with Gasteiger partial charge in [-0.3, -0.25) is 4.79 Å². The van der Waals surface area contributed by atoms with Crippen LogP contribution in [0.5, 0.6) is 0 Å². The van der Waals surface area contributed by atoms with Crippen LogP contribution in [-0.4, -0.2) is 11.9 Å². The summed E-state index contributed by atoms with van der Waals surface area (Å²) in [6.07, 6.45) is 0.695. The van der Waals surface area contributed by atoms with Gasteiger partial charge < -0.3 is 10.6 Å². The molecule has 3 heteroatoms. The highest BCUT2D eigenvalue weighted by molar-refractivity contribution is 6.03. The highest BCUT2D eigenvalue weighted by Gasteiger charge is 2.24. The second-order valence-corrected chi connectivity index (χ2v) is 4.42. The maximum absolute atomic E-state index is 12.0. The van der Waals surface area contributed by atoms with Crippen molar-refractivity contribution in [2.75, 3.05) is 10.6 Å². The van der Waals surface area contributed by atoms with Crippen LogP contribution >= 0.6 is 0 Å². The third-order valence-electron chi connectivity index (χ3n) is 3.11. The predicted molar refractivity (Wildman–Crippen MR) is 72.6 cm³/mol. The minimum Gasteiger partial charge on any atom is -0.372 e. The number of nitrogens with one attached hydrogen (secondary N) is 2. The lowest BCUT2D eigenvalue weighted by Gasteiger charge is -2.26. The number of benzene rings is 2. The van der Waals surface area contributed by atoms with Gasteiger partial charge in [-0.05, 0) is 17.7 Å². The molecular weight excluding hydrogens is 224 g/mol. The molecule has 3 rings (SSSR count). The summed E-state index contributed by atoms with van der Waals surface area (Å²) in [4.78, 5) is 12.0. The first kappa shape index (κ1) is 10.8. The largest absolute Gasteiger partial charge is 0.372 e. The van der Waals surface area contributed by atoms with Crippen LogP contribution in [0.15, 0.2) is 54.6 Å². The van der Waals surface area contributed by atoms with E-state index < -0.39 is 0 Å². The Balaban J connectivity index is 1.81. The van der Waals surface area contributed by atoms with Crippen molar-refractivity contribution in [1.82, 2.24) is 0 Å². The van der Waals surface area contributed by atoms with Gasteiger partial charge in [-0.15, -0.1) is 0 Å². The fraction of sp³-hybridized carbons (Fsp3) is 0.133. The van der Waals surface area contributed by atoms with Gasteiger partial charge in [0.15, 0.2) is 0 Å². The first-order valence-electron chi connectivity index (χ1n) is 6.03. The smallest absolute Gasteiger partial charge is 0.247 e. The van der Waals surface area contributed by atoms with Gasteiger partial charge in [-0.2, -0.15) is 0 Å². The average molecular weight is 238 g/mol. The highest BCUT2D eigenvalue weighted by Crippen LogP contribution is 2.26. The summed E-state index contributed by atoms with van der Waals surface area (Å²) in [5.41, 5.74) is 2.99. The number of para-hydroxylation sites is 2. The molecule has 0 bridgehead atoms. The Hall–Kier alpha value is -2.29. The molecule has 0 radical (unpaired) electrons. The van der Waals surface area contributed by atoms with Gasteiger partial charge in [0, 0.05) is 6.42 Å². The first-order valence-corrected chi connectivity index (χ1v) is 6.03. The molecule has 0 saturated heterocycles. The molecule has 1 atom stereocenters. The van der Waals surface area contributed by atoms with E-state index in [1.165, 1.54) is 0 Å². The fourth-order valence-electron chi connectivity index (χ4n) is 2.18. The van der Waals surface area contributed by atoms with Gasteiger partial charge in [0.2, 0.25) is 5.91 Å². The first-order chi connectivity index (χ1) is 8.83. The molecule has 18 heavy (non-hydrogen) atoms. The number of hydrogen-bond donors (Lipinski definition) is 2. The number of fused-ring (bicyclic) bond motifs is 1. The Morgan fingerprint density at radius 3 is 2.33 bits per heavy atom. The van der Waals surface area contributed by atoms with Crippen LogP contribution < -0.4 is 10.6 Å². The van der Waals surface area contributed by atoms with Crippen molar-refractivity contribution in [1.29, 1.82) is 0 Å². The zero-order valence-electron chi connectivity index (χ0n) is 9.89. The summed E-state index contributed by atoms with van der Waals surface area (Å²) < 4.78 is 0. The van der Waals surface area contributed by atoms with E-state index in [0.717, 1.165) is 16.9 Å². The number of carbonyl (C=O) groups excluding carboxylic acids is 1. The van der Waals surface area contributed by atoms with Crippen LogP contribution in [-0.2, 0) is 11.2 Å². The second-order valence-electron chi connectivity index (χ2n) is 4.42. The zero-order chi connectivity index (χ0) is 12.4. The van der Waals surface area contributed by atoms with Crippen molar-refractivity contribution >= 4 is 17.3 Å². The van der Waals surface area contributed by atoms with Gasteiger partial charge >= 0.3 is 0 Å².